The van der Waals surface area contributed by atoms with Crippen LogP contribution < -0.4 is 5.73 Å². The summed E-state index contributed by atoms with van der Waals surface area (Å²) in [5, 5.41) is 0. The molecule has 1 unspecified atom stereocenters. The van der Waals surface area contributed by atoms with Crippen molar-refractivity contribution < 1.29 is 0 Å². The number of aromatic nitrogens is 1. The zero-order valence-electron chi connectivity index (χ0n) is 10.2. The van der Waals surface area contributed by atoms with Crippen LogP contribution in [0.3, 0.4) is 0 Å². The van der Waals surface area contributed by atoms with Gasteiger partial charge in [0.25, 0.3) is 0 Å². The molecule has 1 aromatic heterocycles. The normalized spacial score (nSPS) is 13.4. The van der Waals surface area contributed by atoms with Gasteiger partial charge in [0.05, 0.1) is 0 Å². The number of hydrogen-bond donors (Lipinski definition) is 1. The summed E-state index contributed by atoms with van der Waals surface area (Å²) in [6.45, 7) is 7.73. The van der Waals surface area contributed by atoms with E-state index in [1.54, 1.807) is 0 Å². The second-order valence-electron chi connectivity index (χ2n) is 4.58. The monoisotopic (exact) mass is 208 g/mol. The SMILES string of the molecule is CCC(CC)Cn1ccc(CC(C)N)c1. The van der Waals surface area contributed by atoms with Crippen molar-refractivity contribution in [2.45, 2.75) is 52.6 Å². The lowest BCUT2D eigenvalue weighted by Gasteiger charge is -2.12. The first-order valence-electron chi connectivity index (χ1n) is 6.05. The molecule has 0 aliphatic heterocycles. The van der Waals surface area contributed by atoms with E-state index in [4.69, 9.17) is 5.73 Å². The van der Waals surface area contributed by atoms with Crippen LogP contribution in [0.15, 0.2) is 18.5 Å². The highest BCUT2D eigenvalue weighted by Crippen LogP contribution is 2.12. The van der Waals surface area contributed by atoms with Crippen molar-refractivity contribution in [2.24, 2.45) is 11.7 Å². The van der Waals surface area contributed by atoms with E-state index in [1.807, 2.05) is 0 Å². The maximum atomic E-state index is 5.78. The lowest BCUT2D eigenvalue weighted by molar-refractivity contribution is 0.419. The number of rotatable bonds is 6. The van der Waals surface area contributed by atoms with Crippen LogP contribution in [0.5, 0.6) is 0 Å². The third-order valence-corrected chi connectivity index (χ3v) is 2.99. The van der Waals surface area contributed by atoms with Crippen LogP contribution in [-0.2, 0) is 13.0 Å². The predicted molar refractivity (Wildman–Crippen MR) is 65.9 cm³/mol. The molecule has 1 rings (SSSR count). The molecule has 1 aromatic rings. The van der Waals surface area contributed by atoms with Crippen LogP contribution >= 0.6 is 0 Å². The molecule has 0 saturated carbocycles. The Labute approximate surface area is 93.5 Å². The summed E-state index contributed by atoms with van der Waals surface area (Å²) < 4.78 is 2.30. The van der Waals surface area contributed by atoms with Crippen molar-refractivity contribution in [1.29, 1.82) is 0 Å². The molecule has 0 aliphatic rings. The summed E-state index contributed by atoms with van der Waals surface area (Å²) in [7, 11) is 0. The molecule has 15 heavy (non-hydrogen) atoms. The molecule has 1 atom stereocenters. The van der Waals surface area contributed by atoms with Gasteiger partial charge in [-0.3, -0.25) is 0 Å². The van der Waals surface area contributed by atoms with E-state index in [0.717, 1.165) is 18.9 Å². The van der Waals surface area contributed by atoms with E-state index in [1.165, 1.54) is 18.4 Å². The van der Waals surface area contributed by atoms with Crippen LogP contribution in [0.2, 0.25) is 0 Å². The van der Waals surface area contributed by atoms with E-state index in [9.17, 15) is 0 Å². The number of nitrogens with two attached hydrogens (primary N) is 1. The largest absolute Gasteiger partial charge is 0.354 e. The van der Waals surface area contributed by atoms with E-state index < -0.39 is 0 Å². The quantitative estimate of drug-likeness (QED) is 0.765. The van der Waals surface area contributed by atoms with Crippen molar-refractivity contribution in [3.05, 3.63) is 24.0 Å². The lowest BCUT2D eigenvalue weighted by atomic mass is 10.0. The molecule has 1 heterocycles. The van der Waals surface area contributed by atoms with Crippen LogP contribution in [-0.4, -0.2) is 10.6 Å². The molecule has 2 heteroatoms. The first kappa shape index (κ1) is 12.3. The highest BCUT2D eigenvalue weighted by molar-refractivity contribution is 5.11. The zero-order chi connectivity index (χ0) is 11.3. The van der Waals surface area contributed by atoms with Crippen LogP contribution in [0.1, 0.15) is 39.2 Å². The minimum Gasteiger partial charge on any atom is -0.354 e. The summed E-state index contributed by atoms with van der Waals surface area (Å²) >= 11 is 0. The van der Waals surface area contributed by atoms with Crippen LogP contribution in [0, 0.1) is 5.92 Å². The molecule has 86 valence electrons. The van der Waals surface area contributed by atoms with Gasteiger partial charge in [0, 0.05) is 25.0 Å². The fraction of sp³-hybridized carbons (Fsp3) is 0.692. The summed E-state index contributed by atoms with van der Waals surface area (Å²) in [5.41, 5.74) is 7.14. The Bertz CT molecular complexity index is 272. The van der Waals surface area contributed by atoms with Gasteiger partial charge in [-0.25, -0.2) is 0 Å². The molecular weight excluding hydrogens is 184 g/mol. The Hall–Kier alpha value is -0.760. The highest BCUT2D eigenvalue weighted by atomic mass is 14.9. The van der Waals surface area contributed by atoms with E-state index in [0.29, 0.717) is 0 Å². The van der Waals surface area contributed by atoms with Gasteiger partial charge >= 0.3 is 0 Å². The molecule has 0 saturated heterocycles. The summed E-state index contributed by atoms with van der Waals surface area (Å²) in [6, 6.07) is 2.44. The van der Waals surface area contributed by atoms with Crippen molar-refractivity contribution in [3.63, 3.8) is 0 Å². The molecule has 2 nitrogen and oxygen atoms in total. The van der Waals surface area contributed by atoms with Crippen molar-refractivity contribution in [2.75, 3.05) is 0 Å². The van der Waals surface area contributed by atoms with Gasteiger partial charge in [-0.2, -0.15) is 0 Å². The Morgan fingerprint density at radius 3 is 2.53 bits per heavy atom. The topological polar surface area (TPSA) is 30.9 Å². The average Bonchev–Trinajstić information content (AvgIpc) is 2.61. The Morgan fingerprint density at radius 2 is 2.00 bits per heavy atom. The molecule has 0 aliphatic carbocycles. The summed E-state index contributed by atoms with van der Waals surface area (Å²) in [5.74, 6) is 0.806. The Kier molecular flexibility index (Phi) is 4.89. The Morgan fingerprint density at radius 1 is 1.33 bits per heavy atom. The smallest absolute Gasteiger partial charge is 0.0247 e. The van der Waals surface area contributed by atoms with Crippen molar-refractivity contribution in [1.82, 2.24) is 4.57 Å². The minimum absolute atomic E-state index is 0.258. The molecule has 0 radical (unpaired) electrons. The lowest BCUT2D eigenvalue weighted by Crippen LogP contribution is -2.17. The zero-order valence-corrected chi connectivity index (χ0v) is 10.2. The van der Waals surface area contributed by atoms with Crippen LogP contribution in [0.25, 0.3) is 0 Å². The molecule has 0 spiro atoms. The number of hydrogen-bond acceptors (Lipinski definition) is 1. The second kappa shape index (κ2) is 5.96. The number of nitrogens with zero attached hydrogens (tertiary/aromatic N) is 1. The third-order valence-electron chi connectivity index (χ3n) is 2.99. The van der Waals surface area contributed by atoms with E-state index >= 15 is 0 Å². The maximum Gasteiger partial charge on any atom is 0.0247 e. The van der Waals surface area contributed by atoms with Gasteiger partial charge in [-0.1, -0.05) is 26.7 Å². The third kappa shape index (κ3) is 4.08. The predicted octanol–water partition coefficient (Wildman–Crippen LogP) is 2.81. The standard InChI is InChI=1S/C13H24N2/c1-4-12(5-2)9-15-7-6-13(10-15)8-11(3)14/h6-7,10-12H,4-5,8-9,14H2,1-3H3. The van der Waals surface area contributed by atoms with E-state index in [2.05, 4.69) is 43.8 Å². The van der Waals surface area contributed by atoms with Gasteiger partial charge in [0.1, 0.15) is 0 Å². The van der Waals surface area contributed by atoms with Crippen molar-refractivity contribution in [3.8, 4) is 0 Å². The van der Waals surface area contributed by atoms with Crippen molar-refractivity contribution >= 4 is 0 Å². The van der Waals surface area contributed by atoms with Gasteiger partial charge in [0.2, 0.25) is 0 Å². The fourth-order valence-corrected chi connectivity index (χ4v) is 1.94. The molecule has 0 fully saturated rings. The van der Waals surface area contributed by atoms with Crippen LogP contribution in [0.4, 0.5) is 0 Å². The molecule has 0 amide bonds. The molecule has 0 bridgehead atoms. The fourth-order valence-electron chi connectivity index (χ4n) is 1.94. The molecule has 2 N–H and O–H groups in total. The van der Waals surface area contributed by atoms with Gasteiger partial charge in [-0.15, -0.1) is 0 Å². The van der Waals surface area contributed by atoms with E-state index in [-0.39, 0.29) is 6.04 Å². The summed E-state index contributed by atoms with van der Waals surface area (Å²) in [6.07, 6.45) is 7.92. The molecule has 0 aromatic carbocycles. The maximum absolute atomic E-state index is 5.78. The first-order valence-corrected chi connectivity index (χ1v) is 6.05. The second-order valence-corrected chi connectivity index (χ2v) is 4.58. The van der Waals surface area contributed by atoms with Gasteiger partial charge in [0.15, 0.2) is 0 Å². The minimum atomic E-state index is 0.258. The summed E-state index contributed by atoms with van der Waals surface area (Å²) in [4.78, 5) is 0. The Balaban J connectivity index is 2.52. The molecular formula is C13H24N2. The van der Waals surface area contributed by atoms with Gasteiger partial charge in [-0.05, 0) is 30.9 Å². The highest BCUT2D eigenvalue weighted by Gasteiger charge is 2.05. The average molecular weight is 208 g/mol. The first-order chi connectivity index (χ1) is 7.15. The van der Waals surface area contributed by atoms with Gasteiger partial charge < -0.3 is 10.3 Å².